The first-order valence-electron chi connectivity index (χ1n) is 10.7. The number of benzene rings is 3. The minimum Gasteiger partial charge on any atom is -0.484 e. The van der Waals surface area contributed by atoms with E-state index in [4.69, 9.17) is 9.47 Å². The van der Waals surface area contributed by atoms with Gasteiger partial charge in [-0.25, -0.2) is 4.39 Å². The summed E-state index contributed by atoms with van der Waals surface area (Å²) in [5.41, 5.74) is 1.21. The van der Waals surface area contributed by atoms with Gasteiger partial charge in [-0.3, -0.25) is 4.79 Å². The van der Waals surface area contributed by atoms with Crippen LogP contribution in [0.3, 0.4) is 0 Å². The first kappa shape index (κ1) is 21.3. The van der Waals surface area contributed by atoms with Gasteiger partial charge in [-0.2, -0.15) is 4.52 Å². The van der Waals surface area contributed by atoms with Crippen molar-refractivity contribution in [3.63, 3.8) is 0 Å². The van der Waals surface area contributed by atoms with E-state index in [0.717, 1.165) is 10.8 Å². The molecular weight excluding hydrogens is 437 g/mol. The first-order chi connectivity index (χ1) is 16.7. The van der Waals surface area contributed by atoms with E-state index in [9.17, 15) is 9.18 Å². The van der Waals surface area contributed by atoms with Crippen LogP contribution in [0, 0.1) is 5.82 Å². The second-order valence-electron chi connectivity index (χ2n) is 7.47. The van der Waals surface area contributed by atoms with E-state index in [-0.39, 0.29) is 31.5 Å². The van der Waals surface area contributed by atoms with E-state index in [0.29, 0.717) is 28.7 Å². The van der Waals surface area contributed by atoms with Gasteiger partial charge in [0.25, 0.3) is 5.91 Å². The number of ether oxygens (including phenoxy) is 2. The molecular formula is C25H20FN5O3. The van der Waals surface area contributed by atoms with Crippen LogP contribution in [0.25, 0.3) is 27.8 Å². The third-order valence-electron chi connectivity index (χ3n) is 5.11. The van der Waals surface area contributed by atoms with Crippen LogP contribution in [0.5, 0.6) is 11.6 Å². The fourth-order valence-corrected chi connectivity index (χ4v) is 3.43. The largest absolute Gasteiger partial charge is 0.484 e. The molecule has 34 heavy (non-hydrogen) atoms. The molecule has 0 unspecified atom stereocenters. The highest BCUT2D eigenvalue weighted by Gasteiger charge is 2.11. The van der Waals surface area contributed by atoms with Gasteiger partial charge in [0.05, 0.1) is 6.54 Å². The van der Waals surface area contributed by atoms with E-state index >= 15 is 0 Å². The van der Waals surface area contributed by atoms with Crippen molar-refractivity contribution < 1.29 is 18.7 Å². The SMILES string of the molecule is O=C(COc1ccc2ccccc2c1)NCCOc1ccc2nnc(-c3ccc(F)cc3)n2n1. The van der Waals surface area contributed by atoms with Crippen LogP contribution in [0.2, 0.25) is 0 Å². The van der Waals surface area contributed by atoms with E-state index in [2.05, 4.69) is 20.6 Å². The normalized spacial score (nSPS) is 11.0. The van der Waals surface area contributed by atoms with Gasteiger partial charge < -0.3 is 14.8 Å². The first-order valence-corrected chi connectivity index (χ1v) is 10.7. The lowest BCUT2D eigenvalue weighted by atomic mass is 10.1. The molecule has 0 bridgehead atoms. The van der Waals surface area contributed by atoms with Crippen LogP contribution in [0.4, 0.5) is 4.39 Å². The van der Waals surface area contributed by atoms with Crippen molar-refractivity contribution >= 4 is 22.3 Å². The van der Waals surface area contributed by atoms with Crippen molar-refractivity contribution in [3.05, 3.63) is 84.7 Å². The molecule has 5 rings (SSSR count). The molecule has 0 aliphatic heterocycles. The lowest BCUT2D eigenvalue weighted by Gasteiger charge is -2.09. The summed E-state index contributed by atoms with van der Waals surface area (Å²) in [7, 11) is 0. The maximum atomic E-state index is 13.2. The lowest BCUT2D eigenvalue weighted by Crippen LogP contribution is -2.32. The summed E-state index contributed by atoms with van der Waals surface area (Å²) in [5, 5.41) is 17.5. The number of rotatable bonds is 8. The number of nitrogens with zero attached hydrogens (tertiary/aromatic N) is 4. The number of aromatic nitrogens is 4. The number of amides is 1. The molecule has 170 valence electrons. The highest BCUT2D eigenvalue weighted by Crippen LogP contribution is 2.21. The van der Waals surface area contributed by atoms with Crippen molar-refractivity contribution in [2.24, 2.45) is 0 Å². The molecule has 5 aromatic rings. The van der Waals surface area contributed by atoms with E-state index in [1.807, 2.05) is 42.5 Å². The Kier molecular flexibility index (Phi) is 5.98. The van der Waals surface area contributed by atoms with Crippen LogP contribution >= 0.6 is 0 Å². The Hall–Kier alpha value is -4.53. The smallest absolute Gasteiger partial charge is 0.258 e. The number of carbonyl (C=O) groups excluding carboxylic acids is 1. The molecule has 0 radical (unpaired) electrons. The van der Waals surface area contributed by atoms with Gasteiger partial charge in [-0.1, -0.05) is 30.3 Å². The van der Waals surface area contributed by atoms with Gasteiger partial charge in [-0.05, 0) is 53.2 Å². The van der Waals surface area contributed by atoms with E-state index < -0.39 is 0 Å². The van der Waals surface area contributed by atoms with Crippen molar-refractivity contribution in [2.75, 3.05) is 19.8 Å². The molecule has 1 amide bonds. The van der Waals surface area contributed by atoms with Crippen molar-refractivity contribution in [3.8, 4) is 23.0 Å². The molecule has 3 aromatic carbocycles. The maximum absolute atomic E-state index is 13.2. The Bertz CT molecular complexity index is 1450. The molecule has 9 heteroatoms. The van der Waals surface area contributed by atoms with Gasteiger partial charge >= 0.3 is 0 Å². The monoisotopic (exact) mass is 457 g/mol. The fraction of sp³-hybridized carbons (Fsp3) is 0.120. The Labute approximate surface area is 194 Å². The second-order valence-corrected chi connectivity index (χ2v) is 7.47. The van der Waals surface area contributed by atoms with Gasteiger partial charge in [-0.15, -0.1) is 15.3 Å². The molecule has 2 heterocycles. The third-order valence-corrected chi connectivity index (χ3v) is 5.11. The molecule has 0 spiro atoms. The molecule has 0 saturated carbocycles. The van der Waals surface area contributed by atoms with Crippen LogP contribution in [-0.4, -0.2) is 45.5 Å². The number of halogens is 1. The van der Waals surface area contributed by atoms with Gasteiger partial charge in [0.2, 0.25) is 5.88 Å². The summed E-state index contributed by atoms with van der Waals surface area (Å²) < 4.78 is 26.0. The Morgan fingerprint density at radius 2 is 1.74 bits per heavy atom. The standard InChI is InChI=1S/C25H20FN5O3/c26-20-8-5-18(6-9-20)25-29-28-22-11-12-24(30-31(22)25)33-14-13-27-23(32)16-34-21-10-7-17-3-1-2-4-19(17)15-21/h1-12,15H,13-14,16H2,(H,27,32). The van der Waals surface area contributed by atoms with Gasteiger partial charge in [0.15, 0.2) is 18.1 Å². The molecule has 0 aliphatic rings. The van der Waals surface area contributed by atoms with E-state index in [1.54, 1.807) is 24.3 Å². The fourth-order valence-electron chi connectivity index (χ4n) is 3.43. The second kappa shape index (κ2) is 9.53. The molecule has 0 saturated heterocycles. The van der Waals surface area contributed by atoms with Gasteiger partial charge in [0.1, 0.15) is 18.2 Å². The Morgan fingerprint density at radius 3 is 2.59 bits per heavy atom. The Balaban J connectivity index is 1.12. The molecule has 0 aliphatic carbocycles. The summed E-state index contributed by atoms with van der Waals surface area (Å²) in [5.74, 6) is 0.863. The summed E-state index contributed by atoms with van der Waals surface area (Å²) in [6, 6.07) is 22.9. The van der Waals surface area contributed by atoms with Crippen molar-refractivity contribution in [2.45, 2.75) is 0 Å². The number of nitrogens with one attached hydrogen (secondary N) is 1. The average molecular weight is 457 g/mol. The maximum Gasteiger partial charge on any atom is 0.258 e. The molecule has 0 fully saturated rings. The topological polar surface area (TPSA) is 90.6 Å². The summed E-state index contributed by atoms with van der Waals surface area (Å²) >= 11 is 0. The minimum absolute atomic E-state index is 0.0930. The zero-order valence-electron chi connectivity index (χ0n) is 18.0. The Morgan fingerprint density at radius 1 is 0.912 bits per heavy atom. The highest BCUT2D eigenvalue weighted by molar-refractivity contribution is 5.84. The molecule has 0 atom stereocenters. The summed E-state index contributed by atoms with van der Waals surface area (Å²) in [4.78, 5) is 12.1. The lowest BCUT2D eigenvalue weighted by molar-refractivity contribution is -0.123. The van der Waals surface area contributed by atoms with Crippen LogP contribution in [-0.2, 0) is 4.79 Å². The average Bonchev–Trinajstić information content (AvgIpc) is 3.29. The number of carbonyl (C=O) groups is 1. The number of hydrogen-bond donors (Lipinski definition) is 1. The van der Waals surface area contributed by atoms with Gasteiger partial charge in [0, 0.05) is 11.6 Å². The number of hydrogen-bond acceptors (Lipinski definition) is 6. The van der Waals surface area contributed by atoms with E-state index in [1.165, 1.54) is 16.6 Å². The zero-order valence-corrected chi connectivity index (χ0v) is 18.0. The van der Waals surface area contributed by atoms with Crippen LogP contribution in [0.1, 0.15) is 0 Å². The van der Waals surface area contributed by atoms with Crippen LogP contribution < -0.4 is 14.8 Å². The third kappa shape index (κ3) is 4.78. The molecule has 1 N–H and O–H groups in total. The highest BCUT2D eigenvalue weighted by atomic mass is 19.1. The van der Waals surface area contributed by atoms with Crippen LogP contribution in [0.15, 0.2) is 78.9 Å². The predicted molar refractivity (Wildman–Crippen MR) is 124 cm³/mol. The predicted octanol–water partition coefficient (Wildman–Crippen LogP) is 3.66. The zero-order chi connectivity index (χ0) is 23.3. The molecule has 2 aromatic heterocycles. The number of fused-ring (bicyclic) bond motifs is 2. The minimum atomic E-state index is -0.334. The summed E-state index contributed by atoms with van der Waals surface area (Å²) in [6.45, 7) is 0.408. The van der Waals surface area contributed by atoms with Crippen molar-refractivity contribution in [1.82, 2.24) is 25.1 Å². The quantitative estimate of drug-likeness (QED) is 0.358. The molecule has 8 nitrogen and oxygen atoms in total. The summed E-state index contributed by atoms with van der Waals surface area (Å²) in [6.07, 6.45) is 0. The van der Waals surface area contributed by atoms with Crippen molar-refractivity contribution in [1.29, 1.82) is 0 Å².